The Morgan fingerprint density at radius 1 is 1.14 bits per heavy atom. The first-order chi connectivity index (χ1) is 13.6. The highest BCUT2D eigenvalue weighted by atomic mass is 35.5. The molecular weight excluding hydrogens is 396 g/mol. The lowest BCUT2D eigenvalue weighted by Crippen LogP contribution is -2.20. The molecule has 3 aromatic rings. The molecule has 0 aliphatic carbocycles. The van der Waals surface area contributed by atoms with Gasteiger partial charge in [0.25, 0.3) is 5.91 Å². The zero-order valence-electron chi connectivity index (χ0n) is 16.0. The maximum Gasteiger partial charge on any atom is 0.252 e. The van der Waals surface area contributed by atoms with E-state index in [0.717, 1.165) is 21.5 Å². The third kappa shape index (κ3) is 5.22. The summed E-state index contributed by atoms with van der Waals surface area (Å²) in [4.78, 5) is 17.6. The van der Waals surface area contributed by atoms with E-state index in [0.29, 0.717) is 36.2 Å². The fraction of sp³-hybridized carbons (Fsp3) is 0.333. The quantitative estimate of drug-likeness (QED) is 0.507. The molecule has 0 N–H and O–H groups in total. The molecule has 3 rings (SSSR count). The predicted octanol–water partition coefficient (Wildman–Crippen LogP) is 4.46. The van der Waals surface area contributed by atoms with Crippen molar-refractivity contribution < 1.29 is 14.3 Å². The van der Waals surface area contributed by atoms with Gasteiger partial charge < -0.3 is 14.0 Å². The summed E-state index contributed by atoms with van der Waals surface area (Å²) in [6.45, 7) is 6.38. The Bertz CT molecular complexity index is 1010. The van der Waals surface area contributed by atoms with Crippen molar-refractivity contribution in [3.05, 3.63) is 57.9 Å². The number of carbonyl (C=O) groups excluding carboxylic acids is 1. The van der Waals surface area contributed by atoms with Crippen molar-refractivity contribution in [2.75, 3.05) is 19.8 Å². The number of benzene rings is 2. The van der Waals surface area contributed by atoms with Gasteiger partial charge in [0.05, 0.1) is 29.9 Å². The molecule has 5 nitrogen and oxygen atoms in total. The Hall–Kier alpha value is -2.15. The van der Waals surface area contributed by atoms with Crippen LogP contribution < -0.4 is 9.54 Å². The average Bonchev–Trinajstić information content (AvgIpc) is 3.00. The summed E-state index contributed by atoms with van der Waals surface area (Å²) in [5, 5.41) is 0.650. The average molecular weight is 419 g/mol. The number of amides is 1. The van der Waals surface area contributed by atoms with Crippen molar-refractivity contribution in [2.24, 2.45) is 4.99 Å². The van der Waals surface area contributed by atoms with Gasteiger partial charge >= 0.3 is 0 Å². The molecule has 0 saturated carbocycles. The van der Waals surface area contributed by atoms with Gasteiger partial charge in [-0.25, -0.2) is 0 Å². The standard InChI is InChI=1S/C21H23ClN2O3S/c1-3-26-12-11-24-18-10-9-17(27-4-2)14-19(18)28-21(24)23-20(25)13-15-5-7-16(22)8-6-15/h5-10,14H,3-4,11-13H2,1-2H3. The van der Waals surface area contributed by atoms with Crippen LogP contribution in [-0.2, 0) is 22.5 Å². The van der Waals surface area contributed by atoms with Gasteiger partial charge in [-0.05, 0) is 49.7 Å². The molecule has 2 aromatic carbocycles. The van der Waals surface area contributed by atoms with Crippen LogP contribution in [0.2, 0.25) is 5.02 Å². The van der Waals surface area contributed by atoms with Crippen molar-refractivity contribution in [3.8, 4) is 5.75 Å². The number of ether oxygens (including phenoxy) is 2. The van der Waals surface area contributed by atoms with Crippen LogP contribution in [0.15, 0.2) is 47.5 Å². The summed E-state index contributed by atoms with van der Waals surface area (Å²) < 4.78 is 14.2. The Labute approximate surface area is 173 Å². The number of thiazole rings is 1. The second-order valence-corrected chi connectivity index (χ2v) is 7.55. The lowest BCUT2D eigenvalue weighted by Gasteiger charge is -2.06. The number of carbonyl (C=O) groups is 1. The minimum atomic E-state index is -0.191. The van der Waals surface area contributed by atoms with E-state index in [-0.39, 0.29) is 12.3 Å². The SMILES string of the molecule is CCOCCn1c(=NC(=O)Cc2ccc(Cl)cc2)sc2cc(OCC)ccc21. The van der Waals surface area contributed by atoms with Gasteiger partial charge in [-0.3, -0.25) is 4.79 Å². The molecule has 7 heteroatoms. The fourth-order valence-electron chi connectivity index (χ4n) is 2.83. The summed E-state index contributed by atoms with van der Waals surface area (Å²) in [7, 11) is 0. The first-order valence-electron chi connectivity index (χ1n) is 9.26. The van der Waals surface area contributed by atoms with Crippen LogP contribution in [0.5, 0.6) is 5.75 Å². The number of fused-ring (bicyclic) bond motifs is 1. The Balaban J connectivity index is 1.93. The molecule has 148 valence electrons. The number of nitrogens with zero attached hydrogens (tertiary/aromatic N) is 2. The minimum absolute atomic E-state index is 0.191. The van der Waals surface area contributed by atoms with Gasteiger partial charge in [0.2, 0.25) is 0 Å². The van der Waals surface area contributed by atoms with Gasteiger partial charge in [-0.15, -0.1) is 0 Å². The molecular formula is C21H23ClN2O3S. The lowest BCUT2D eigenvalue weighted by atomic mass is 10.1. The number of hydrogen-bond acceptors (Lipinski definition) is 4. The molecule has 0 atom stereocenters. The molecule has 0 unspecified atom stereocenters. The van der Waals surface area contributed by atoms with Crippen molar-refractivity contribution in [1.29, 1.82) is 0 Å². The third-order valence-electron chi connectivity index (χ3n) is 4.12. The molecule has 0 radical (unpaired) electrons. The Morgan fingerprint density at radius 2 is 1.93 bits per heavy atom. The molecule has 0 fully saturated rings. The first kappa shape index (κ1) is 20.6. The van der Waals surface area contributed by atoms with Crippen LogP contribution >= 0.6 is 22.9 Å². The second kappa shape index (κ2) is 9.87. The molecule has 1 aromatic heterocycles. The van der Waals surface area contributed by atoms with E-state index >= 15 is 0 Å². The zero-order chi connectivity index (χ0) is 19.9. The van der Waals surface area contributed by atoms with Gasteiger partial charge in [0.1, 0.15) is 5.75 Å². The first-order valence-corrected chi connectivity index (χ1v) is 10.5. The lowest BCUT2D eigenvalue weighted by molar-refractivity contribution is -0.117. The molecule has 0 aliphatic heterocycles. The second-order valence-electron chi connectivity index (χ2n) is 6.10. The molecule has 0 aliphatic rings. The van der Waals surface area contributed by atoms with Crippen LogP contribution in [0.3, 0.4) is 0 Å². The number of rotatable bonds is 8. The van der Waals surface area contributed by atoms with E-state index in [4.69, 9.17) is 21.1 Å². The number of halogens is 1. The summed E-state index contributed by atoms with van der Waals surface area (Å²) >= 11 is 7.39. The van der Waals surface area contributed by atoms with Crippen molar-refractivity contribution in [3.63, 3.8) is 0 Å². The molecule has 0 saturated heterocycles. The van der Waals surface area contributed by atoms with E-state index in [1.54, 1.807) is 12.1 Å². The summed E-state index contributed by atoms with van der Waals surface area (Å²) in [5.41, 5.74) is 1.91. The Kier molecular flexibility index (Phi) is 7.25. The monoisotopic (exact) mass is 418 g/mol. The normalized spacial score (nSPS) is 11.9. The van der Waals surface area contributed by atoms with E-state index in [9.17, 15) is 4.79 Å². The number of aromatic nitrogens is 1. The summed E-state index contributed by atoms with van der Waals surface area (Å²) in [5.74, 6) is 0.622. The van der Waals surface area contributed by atoms with E-state index in [2.05, 4.69) is 4.99 Å². The van der Waals surface area contributed by atoms with Gasteiger partial charge in [-0.2, -0.15) is 4.99 Å². The van der Waals surface area contributed by atoms with Crippen LogP contribution in [0.25, 0.3) is 10.2 Å². The van der Waals surface area contributed by atoms with Crippen molar-refractivity contribution in [1.82, 2.24) is 4.57 Å². The van der Waals surface area contributed by atoms with Gasteiger partial charge in [-0.1, -0.05) is 35.1 Å². The predicted molar refractivity (Wildman–Crippen MR) is 113 cm³/mol. The van der Waals surface area contributed by atoms with Crippen LogP contribution in [-0.4, -0.2) is 30.3 Å². The summed E-state index contributed by atoms with van der Waals surface area (Å²) in [6.07, 6.45) is 0.237. The van der Waals surface area contributed by atoms with Gasteiger partial charge in [0.15, 0.2) is 4.80 Å². The molecule has 1 amide bonds. The molecule has 28 heavy (non-hydrogen) atoms. The van der Waals surface area contributed by atoms with Gasteiger partial charge in [0, 0.05) is 18.2 Å². The van der Waals surface area contributed by atoms with Crippen molar-refractivity contribution in [2.45, 2.75) is 26.8 Å². The van der Waals surface area contributed by atoms with E-state index < -0.39 is 0 Å². The maximum absolute atomic E-state index is 12.5. The van der Waals surface area contributed by atoms with E-state index in [1.807, 2.05) is 48.7 Å². The number of hydrogen-bond donors (Lipinski definition) is 0. The summed E-state index contributed by atoms with van der Waals surface area (Å²) in [6, 6.07) is 13.2. The highest BCUT2D eigenvalue weighted by molar-refractivity contribution is 7.16. The minimum Gasteiger partial charge on any atom is -0.494 e. The highest BCUT2D eigenvalue weighted by Gasteiger charge is 2.10. The van der Waals surface area contributed by atoms with Crippen LogP contribution in [0, 0.1) is 0 Å². The largest absolute Gasteiger partial charge is 0.494 e. The smallest absolute Gasteiger partial charge is 0.252 e. The zero-order valence-corrected chi connectivity index (χ0v) is 17.6. The van der Waals surface area contributed by atoms with Crippen LogP contribution in [0.1, 0.15) is 19.4 Å². The third-order valence-corrected chi connectivity index (χ3v) is 5.41. The molecule has 0 spiro atoms. The topological polar surface area (TPSA) is 52.8 Å². The van der Waals surface area contributed by atoms with E-state index in [1.165, 1.54) is 11.3 Å². The Morgan fingerprint density at radius 3 is 2.64 bits per heavy atom. The highest BCUT2D eigenvalue weighted by Crippen LogP contribution is 2.23. The molecule has 1 heterocycles. The fourth-order valence-corrected chi connectivity index (χ4v) is 4.06. The maximum atomic E-state index is 12.5. The van der Waals surface area contributed by atoms with Crippen molar-refractivity contribution >= 4 is 39.1 Å². The van der Waals surface area contributed by atoms with Crippen LogP contribution in [0.4, 0.5) is 0 Å². The molecule has 0 bridgehead atoms.